The van der Waals surface area contributed by atoms with Crippen LogP contribution in [0.25, 0.3) is 22.6 Å². The van der Waals surface area contributed by atoms with Gasteiger partial charge in [0.1, 0.15) is 17.7 Å². The van der Waals surface area contributed by atoms with Gasteiger partial charge in [-0.25, -0.2) is 19.9 Å². The minimum Gasteiger partial charge on any atom is -0.368 e. The van der Waals surface area contributed by atoms with E-state index in [1.807, 2.05) is 19.1 Å². The first-order valence-corrected chi connectivity index (χ1v) is 10.5. The maximum absolute atomic E-state index is 8.84. The number of aromatic amines is 1. The summed E-state index contributed by atoms with van der Waals surface area (Å²) in [6.07, 6.45) is 4.98. The Labute approximate surface area is 219 Å². The number of nitrogens with one attached hydrogen (secondary N) is 3. The van der Waals surface area contributed by atoms with E-state index in [1.54, 1.807) is 36.7 Å². The molecule has 34 heavy (non-hydrogen) atoms. The van der Waals surface area contributed by atoms with Gasteiger partial charge in [-0.3, -0.25) is 0 Å². The first kappa shape index (κ1) is 27.2. The van der Waals surface area contributed by atoms with E-state index in [2.05, 4.69) is 30.6 Å². The molecule has 0 spiro atoms. The fourth-order valence-electron chi connectivity index (χ4n) is 3.01. The van der Waals surface area contributed by atoms with Crippen LogP contribution < -0.4 is 10.6 Å². The molecule has 0 radical (unpaired) electrons. The number of hydrogen-bond donors (Lipinski definition) is 3. The van der Waals surface area contributed by atoms with E-state index < -0.39 is 0 Å². The SMILES string of the molecule is Cc1cnc(-c2cnc(NCCNc3ccc(C#N)cn3)nc2-c2ccc(Cl)cc2Cl)[nH]1.Cl.Cl. The normalized spacial score (nSPS) is 9.94. The zero-order valence-corrected chi connectivity index (χ0v) is 21.0. The number of imidazole rings is 1. The van der Waals surface area contributed by atoms with Gasteiger partial charge < -0.3 is 15.6 Å². The van der Waals surface area contributed by atoms with Crippen molar-refractivity contribution in [3.63, 3.8) is 0 Å². The molecule has 3 heterocycles. The number of nitrogens with zero attached hydrogens (tertiary/aromatic N) is 5. The lowest BCUT2D eigenvalue weighted by molar-refractivity contribution is 1.02. The molecular formula is C22H20Cl4N8. The van der Waals surface area contributed by atoms with Crippen LogP contribution in [0.3, 0.4) is 0 Å². The Bertz CT molecular complexity index is 1290. The Morgan fingerprint density at radius 1 is 0.941 bits per heavy atom. The van der Waals surface area contributed by atoms with Gasteiger partial charge in [-0.2, -0.15) is 5.26 Å². The lowest BCUT2D eigenvalue weighted by atomic mass is 10.1. The van der Waals surface area contributed by atoms with Crippen molar-refractivity contribution in [2.45, 2.75) is 6.92 Å². The van der Waals surface area contributed by atoms with Crippen LogP contribution in [0.1, 0.15) is 11.3 Å². The molecule has 0 bridgehead atoms. The molecule has 0 aliphatic carbocycles. The van der Waals surface area contributed by atoms with Crippen molar-refractivity contribution in [2.24, 2.45) is 0 Å². The van der Waals surface area contributed by atoms with E-state index in [4.69, 9.17) is 33.4 Å². The van der Waals surface area contributed by atoms with Crippen LogP contribution in [-0.2, 0) is 0 Å². The lowest BCUT2D eigenvalue weighted by Gasteiger charge is -2.12. The molecule has 3 aromatic heterocycles. The Hall–Kier alpha value is -3.09. The van der Waals surface area contributed by atoms with Gasteiger partial charge in [0.25, 0.3) is 0 Å². The number of rotatable bonds is 7. The number of halogens is 4. The standard InChI is InChI=1S/C22H18Cl2N8.2ClH/c1-13-10-29-21(31-13)17-12-30-22(32-20(17)16-4-3-15(23)8-18(16)24)27-7-6-26-19-5-2-14(9-25)11-28-19;;/h2-5,8,10-12H,6-7H2,1H3,(H,26,28)(H,29,31)(H,27,30,32);2*1H. The fraction of sp³-hybridized carbons (Fsp3) is 0.136. The van der Waals surface area contributed by atoms with Crippen LogP contribution in [-0.4, -0.2) is 38.0 Å². The minimum absolute atomic E-state index is 0. The van der Waals surface area contributed by atoms with Gasteiger partial charge in [0, 0.05) is 48.0 Å². The van der Waals surface area contributed by atoms with Gasteiger partial charge in [-0.05, 0) is 37.3 Å². The van der Waals surface area contributed by atoms with Crippen LogP contribution in [0.5, 0.6) is 0 Å². The van der Waals surface area contributed by atoms with Gasteiger partial charge >= 0.3 is 0 Å². The summed E-state index contributed by atoms with van der Waals surface area (Å²) in [5, 5.41) is 16.3. The molecule has 4 aromatic rings. The molecule has 1 aromatic carbocycles. The highest BCUT2D eigenvalue weighted by Gasteiger charge is 2.16. The second-order valence-corrected chi connectivity index (χ2v) is 7.74. The van der Waals surface area contributed by atoms with E-state index >= 15 is 0 Å². The quantitative estimate of drug-likeness (QED) is 0.256. The highest BCUT2D eigenvalue weighted by atomic mass is 35.5. The molecule has 0 atom stereocenters. The topological polar surface area (TPSA) is 115 Å². The number of anilines is 2. The van der Waals surface area contributed by atoms with E-state index in [0.29, 0.717) is 52.0 Å². The Morgan fingerprint density at radius 3 is 2.38 bits per heavy atom. The maximum atomic E-state index is 8.84. The fourth-order valence-corrected chi connectivity index (χ4v) is 3.50. The van der Waals surface area contributed by atoms with Crippen molar-refractivity contribution in [3.05, 3.63) is 70.2 Å². The summed E-state index contributed by atoms with van der Waals surface area (Å²) in [6.45, 7) is 3.06. The number of benzene rings is 1. The monoisotopic (exact) mass is 536 g/mol. The average Bonchev–Trinajstić information content (AvgIpc) is 3.23. The molecule has 0 saturated heterocycles. The third kappa shape index (κ3) is 6.49. The number of aryl methyl sites for hydroxylation is 1. The van der Waals surface area contributed by atoms with Gasteiger partial charge in [0.15, 0.2) is 0 Å². The Kier molecular flexibility index (Phi) is 9.90. The first-order valence-electron chi connectivity index (χ1n) is 9.72. The van der Waals surface area contributed by atoms with Gasteiger partial charge in [-0.15, -0.1) is 24.8 Å². The Morgan fingerprint density at radius 2 is 1.74 bits per heavy atom. The second kappa shape index (κ2) is 12.4. The second-order valence-electron chi connectivity index (χ2n) is 6.89. The average molecular weight is 538 g/mol. The molecule has 4 rings (SSSR count). The highest BCUT2D eigenvalue weighted by molar-refractivity contribution is 6.36. The van der Waals surface area contributed by atoms with Crippen molar-refractivity contribution in [1.82, 2.24) is 24.9 Å². The molecule has 0 saturated carbocycles. The Balaban J connectivity index is 0.00000204. The van der Waals surface area contributed by atoms with Crippen molar-refractivity contribution < 1.29 is 0 Å². The van der Waals surface area contributed by atoms with Crippen LogP contribution in [0.15, 0.2) is 48.9 Å². The van der Waals surface area contributed by atoms with E-state index in [1.165, 1.54) is 6.20 Å². The van der Waals surface area contributed by atoms with Crippen molar-refractivity contribution in [2.75, 3.05) is 23.7 Å². The number of nitriles is 1. The summed E-state index contributed by atoms with van der Waals surface area (Å²) in [7, 11) is 0. The molecule has 0 unspecified atom stereocenters. The molecule has 0 aliphatic heterocycles. The van der Waals surface area contributed by atoms with Crippen LogP contribution in [0.2, 0.25) is 10.0 Å². The summed E-state index contributed by atoms with van der Waals surface area (Å²) >= 11 is 12.5. The molecule has 12 heteroatoms. The first-order chi connectivity index (χ1) is 15.5. The third-order valence-corrected chi connectivity index (χ3v) is 5.09. The number of hydrogen-bond acceptors (Lipinski definition) is 7. The summed E-state index contributed by atoms with van der Waals surface area (Å²) in [4.78, 5) is 20.9. The van der Waals surface area contributed by atoms with E-state index in [0.717, 1.165) is 16.8 Å². The van der Waals surface area contributed by atoms with Crippen molar-refractivity contribution >= 4 is 59.8 Å². The van der Waals surface area contributed by atoms with Crippen LogP contribution >= 0.6 is 48.0 Å². The third-order valence-electron chi connectivity index (χ3n) is 4.54. The molecular weight excluding hydrogens is 518 g/mol. The lowest BCUT2D eigenvalue weighted by Crippen LogP contribution is -2.16. The largest absolute Gasteiger partial charge is 0.368 e. The van der Waals surface area contributed by atoms with Gasteiger partial charge in [0.2, 0.25) is 5.95 Å². The van der Waals surface area contributed by atoms with Crippen LogP contribution in [0.4, 0.5) is 11.8 Å². The van der Waals surface area contributed by atoms with Gasteiger partial charge in [0.05, 0.1) is 21.8 Å². The number of H-pyrrole nitrogens is 1. The predicted octanol–water partition coefficient (Wildman–Crippen LogP) is 5.78. The zero-order valence-electron chi connectivity index (χ0n) is 17.8. The molecule has 0 amide bonds. The number of pyridine rings is 1. The maximum Gasteiger partial charge on any atom is 0.223 e. The molecule has 0 fully saturated rings. The summed E-state index contributed by atoms with van der Waals surface area (Å²) in [5.74, 6) is 1.79. The number of aromatic nitrogens is 5. The molecule has 8 nitrogen and oxygen atoms in total. The minimum atomic E-state index is 0. The molecule has 176 valence electrons. The molecule has 0 aliphatic rings. The summed E-state index contributed by atoms with van der Waals surface area (Å²) in [6, 6.07) is 10.8. The predicted molar refractivity (Wildman–Crippen MR) is 140 cm³/mol. The smallest absolute Gasteiger partial charge is 0.223 e. The van der Waals surface area contributed by atoms with Crippen LogP contribution in [0, 0.1) is 18.3 Å². The zero-order chi connectivity index (χ0) is 22.5. The summed E-state index contributed by atoms with van der Waals surface area (Å²) in [5.41, 5.74) is 3.54. The van der Waals surface area contributed by atoms with Crippen molar-refractivity contribution in [1.29, 1.82) is 5.26 Å². The van der Waals surface area contributed by atoms with E-state index in [-0.39, 0.29) is 24.8 Å². The van der Waals surface area contributed by atoms with Gasteiger partial charge in [-0.1, -0.05) is 23.2 Å². The highest BCUT2D eigenvalue weighted by Crippen LogP contribution is 2.35. The summed E-state index contributed by atoms with van der Waals surface area (Å²) < 4.78 is 0. The van der Waals surface area contributed by atoms with E-state index in [9.17, 15) is 0 Å². The van der Waals surface area contributed by atoms with Crippen molar-refractivity contribution in [3.8, 4) is 28.7 Å². The molecule has 3 N–H and O–H groups in total.